The van der Waals surface area contributed by atoms with Gasteiger partial charge in [-0.15, -0.1) is 0 Å². The lowest BCUT2D eigenvalue weighted by atomic mass is 10.1. The van der Waals surface area contributed by atoms with Crippen LogP contribution in [0.1, 0.15) is 19.3 Å². The SMILES string of the molecule is CN(CC1CCCC1O)S(=O)(=O)c1ccc(F)cc1F. The van der Waals surface area contributed by atoms with Crippen LogP contribution in [0.25, 0.3) is 0 Å². The molecule has 0 bridgehead atoms. The molecule has 0 saturated heterocycles. The molecule has 20 heavy (non-hydrogen) atoms. The lowest BCUT2D eigenvalue weighted by Gasteiger charge is -2.23. The molecule has 1 aliphatic carbocycles. The van der Waals surface area contributed by atoms with Crippen molar-refractivity contribution in [3.63, 3.8) is 0 Å². The maximum Gasteiger partial charge on any atom is 0.245 e. The molecular formula is C13H17F2NO3S. The number of benzene rings is 1. The van der Waals surface area contributed by atoms with Gasteiger partial charge in [0.2, 0.25) is 10.0 Å². The van der Waals surface area contributed by atoms with Crippen molar-refractivity contribution in [1.82, 2.24) is 4.31 Å². The number of aliphatic hydroxyl groups is 1. The van der Waals surface area contributed by atoms with E-state index in [-0.39, 0.29) is 12.5 Å². The summed E-state index contributed by atoms with van der Waals surface area (Å²) in [5.41, 5.74) is 0. The zero-order valence-corrected chi connectivity index (χ0v) is 11.9. The molecule has 112 valence electrons. The average molecular weight is 305 g/mol. The molecule has 0 radical (unpaired) electrons. The molecule has 2 unspecified atom stereocenters. The molecule has 0 amide bonds. The molecule has 0 heterocycles. The summed E-state index contributed by atoms with van der Waals surface area (Å²) < 4.78 is 51.9. The van der Waals surface area contributed by atoms with Crippen molar-refractivity contribution in [2.75, 3.05) is 13.6 Å². The predicted octanol–water partition coefficient (Wildman–Crippen LogP) is 1.75. The van der Waals surface area contributed by atoms with E-state index in [1.54, 1.807) is 0 Å². The molecule has 0 aromatic heterocycles. The molecule has 0 spiro atoms. The van der Waals surface area contributed by atoms with Gasteiger partial charge in [-0.1, -0.05) is 6.42 Å². The Morgan fingerprint density at radius 1 is 1.35 bits per heavy atom. The fraction of sp³-hybridized carbons (Fsp3) is 0.538. The Bertz CT molecular complexity index is 591. The molecule has 0 aliphatic heterocycles. The lowest BCUT2D eigenvalue weighted by molar-refractivity contribution is 0.123. The third kappa shape index (κ3) is 2.99. The van der Waals surface area contributed by atoms with E-state index in [4.69, 9.17) is 0 Å². The van der Waals surface area contributed by atoms with Crippen LogP contribution in [-0.2, 0) is 10.0 Å². The minimum Gasteiger partial charge on any atom is -0.393 e. The second-order valence-corrected chi connectivity index (χ2v) is 7.13. The van der Waals surface area contributed by atoms with Gasteiger partial charge in [0.15, 0.2) is 0 Å². The third-order valence-electron chi connectivity index (χ3n) is 3.69. The van der Waals surface area contributed by atoms with Gasteiger partial charge in [0.1, 0.15) is 16.5 Å². The largest absolute Gasteiger partial charge is 0.393 e. The number of nitrogens with zero attached hydrogens (tertiary/aromatic N) is 1. The number of aliphatic hydroxyl groups excluding tert-OH is 1. The molecule has 1 saturated carbocycles. The Kier molecular flexibility index (Phi) is 4.41. The monoisotopic (exact) mass is 305 g/mol. The first-order chi connectivity index (χ1) is 9.32. The first-order valence-corrected chi connectivity index (χ1v) is 7.86. The minimum absolute atomic E-state index is 0.125. The van der Waals surface area contributed by atoms with Gasteiger partial charge in [-0.2, -0.15) is 0 Å². The fourth-order valence-corrected chi connectivity index (χ4v) is 3.78. The van der Waals surface area contributed by atoms with Crippen LogP contribution in [0.2, 0.25) is 0 Å². The smallest absolute Gasteiger partial charge is 0.245 e. The molecule has 1 aromatic carbocycles. The van der Waals surface area contributed by atoms with Crippen LogP contribution >= 0.6 is 0 Å². The Labute approximate surface area is 117 Å². The fourth-order valence-electron chi connectivity index (χ4n) is 2.51. The number of halogens is 2. The highest BCUT2D eigenvalue weighted by molar-refractivity contribution is 7.89. The molecule has 2 atom stereocenters. The van der Waals surface area contributed by atoms with E-state index in [0.29, 0.717) is 12.5 Å². The zero-order valence-electron chi connectivity index (χ0n) is 11.1. The first-order valence-electron chi connectivity index (χ1n) is 6.42. The second-order valence-electron chi connectivity index (χ2n) is 5.12. The predicted molar refractivity (Wildman–Crippen MR) is 69.5 cm³/mol. The molecule has 2 rings (SSSR count). The van der Waals surface area contributed by atoms with E-state index in [1.807, 2.05) is 0 Å². The van der Waals surface area contributed by atoms with Gasteiger partial charge in [0.05, 0.1) is 6.10 Å². The highest BCUT2D eigenvalue weighted by atomic mass is 32.2. The number of hydrogen-bond acceptors (Lipinski definition) is 3. The molecule has 1 aromatic rings. The second kappa shape index (κ2) is 5.75. The molecule has 4 nitrogen and oxygen atoms in total. The summed E-state index contributed by atoms with van der Waals surface area (Å²) in [6.07, 6.45) is 1.73. The normalized spacial score (nSPS) is 23.4. The van der Waals surface area contributed by atoms with Gasteiger partial charge >= 0.3 is 0 Å². The number of sulfonamides is 1. The summed E-state index contributed by atoms with van der Waals surface area (Å²) in [5.74, 6) is -2.07. The standard InChI is InChI=1S/C13H17F2NO3S/c1-16(8-9-3-2-4-12(9)17)20(18,19)13-6-5-10(14)7-11(13)15/h5-7,9,12,17H,2-4,8H2,1H3. The summed E-state index contributed by atoms with van der Waals surface area (Å²) in [7, 11) is -2.68. The van der Waals surface area contributed by atoms with Crippen molar-refractivity contribution in [2.45, 2.75) is 30.3 Å². The van der Waals surface area contributed by atoms with Crippen molar-refractivity contribution in [1.29, 1.82) is 0 Å². The number of rotatable bonds is 4. The Hall–Kier alpha value is -1.05. The summed E-state index contributed by atoms with van der Waals surface area (Å²) >= 11 is 0. The van der Waals surface area contributed by atoms with Crippen molar-refractivity contribution in [3.8, 4) is 0 Å². The molecular weight excluding hydrogens is 288 g/mol. The van der Waals surface area contributed by atoms with Gasteiger partial charge in [0, 0.05) is 19.7 Å². The topological polar surface area (TPSA) is 57.6 Å². The summed E-state index contributed by atoms with van der Waals surface area (Å²) in [6, 6.07) is 2.38. The van der Waals surface area contributed by atoms with Crippen LogP contribution in [-0.4, -0.2) is 37.5 Å². The van der Waals surface area contributed by atoms with Crippen LogP contribution in [0.5, 0.6) is 0 Å². The first kappa shape index (κ1) is 15.3. The molecule has 1 aliphatic rings. The summed E-state index contributed by atoms with van der Waals surface area (Å²) in [5, 5.41) is 9.72. The summed E-state index contributed by atoms with van der Waals surface area (Å²) in [4.78, 5) is -0.547. The van der Waals surface area contributed by atoms with Crippen molar-refractivity contribution < 1.29 is 22.3 Å². The Morgan fingerprint density at radius 3 is 2.60 bits per heavy atom. The van der Waals surface area contributed by atoms with Crippen LogP contribution < -0.4 is 0 Å². The van der Waals surface area contributed by atoms with Gasteiger partial charge < -0.3 is 5.11 Å². The maximum absolute atomic E-state index is 13.6. The van der Waals surface area contributed by atoms with Gasteiger partial charge in [-0.25, -0.2) is 21.5 Å². The summed E-state index contributed by atoms with van der Waals surface area (Å²) in [6.45, 7) is 0.125. The average Bonchev–Trinajstić information content (AvgIpc) is 2.74. The van der Waals surface area contributed by atoms with Crippen molar-refractivity contribution in [2.24, 2.45) is 5.92 Å². The van der Waals surface area contributed by atoms with E-state index < -0.39 is 32.7 Å². The molecule has 1 fully saturated rings. The molecule has 7 heteroatoms. The zero-order chi connectivity index (χ0) is 14.9. The van der Waals surface area contributed by atoms with Gasteiger partial charge in [-0.05, 0) is 30.9 Å². The van der Waals surface area contributed by atoms with E-state index in [9.17, 15) is 22.3 Å². The van der Waals surface area contributed by atoms with Crippen LogP contribution in [0.4, 0.5) is 8.78 Å². The third-order valence-corrected chi connectivity index (χ3v) is 5.55. The van der Waals surface area contributed by atoms with E-state index in [2.05, 4.69) is 0 Å². The van der Waals surface area contributed by atoms with Crippen LogP contribution in [0.15, 0.2) is 23.1 Å². The van der Waals surface area contributed by atoms with Gasteiger partial charge in [-0.3, -0.25) is 0 Å². The van der Waals surface area contributed by atoms with Gasteiger partial charge in [0.25, 0.3) is 0 Å². The van der Waals surface area contributed by atoms with E-state index in [1.165, 1.54) is 7.05 Å². The van der Waals surface area contributed by atoms with E-state index in [0.717, 1.165) is 29.3 Å². The van der Waals surface area contributed by atoms with Crippen molar-refractivity contribution in [3.05, 3.63) is 29.8 Å². The van der Waals surface area contributed by atoms with Crippen LogP contribution in [0.3, 0.4) is 0 Å². The maximum atomic E-state index is 13.6. The lowest BCUT2D eigenvalue weighted by Crippen LogP contribution is -2.34. The Balaban J connectivity index is 2.20. The van der Waals surface area contributed by atoms with E-state index >= 15 is 0 Å². The minimum atomic E-state index is -4.02. The van der Waals surface area contributed by atoms with Crippen molar-refractivity contribution >= 4 is 10.0 Å². The van der Waals surface area contributed by atoms with Crippen LogP contribution in [0, 0.1) is 17.6 Å². The highest BCUT2D eigenvalue weighted by Crippen LogP contribution is 2.28. The quantitative estimate of drug-likeness (QED) is 0.922. The molecule has 1 N–H and O–H groups in total. The highest BCUT2D eigenvalue weighted by Gasteiger charge is 2.31. The number of hydrogen-bond donors (Lipinski definition) is 1. The Morgan fingerprint density at radius 2 is 2.05 bits per heavy atom.